The molecule has 1 aromatic carbocycles. The van der Waals surface area contributed by atoms with Crippen molar-refractivity contribution in [3.05, 3.63) is 46.3 Å². The van der Waals surface area contributed by atoms with Crippen LogP contribution < -0.4 is 5.32 Å². The third kappa shape index (κ3) is 2.81. The Hall–Kier alpha value is -2.58. The first-order chi connectivity index (χ1) is 9.09. The molecule has 1 heterocycles. The third-order valence-corrected chi connectivity index (χ3v) is 2.38. The van der Waals surface area contributed by atoms with Crippen molar-refractivity contribution in [3.8, 4) is 0 Å². The van der Waals surface area contributed by atoms with E-state index in [1.807, 2.05) is 0 Å². The molecule has 0 bridgehead atoms. The van der Waals surface area contributed by atoms with Gasteiger partial charge in [-0.15, -0.1) is 5.10 Å². The van der Waals surface area contributed by atoms with Gasteiger partial charge >= 0.3 is 0 Å². The Bertz CT molecular complexity index is 588. The number of aromatic nitrogens is 3. The lowest BCUT2D eigenvalue weighted by Gasteiger charge is -2.08. The number of hydrogen-bond acceptors (Lipinski definition) is 5. The average Bonchev–Trinajstić information content (AvgIpc) is 2.87. The maximum atomic E-state index is 13.5. The number of nitrogens with zero attached hydrogens (tertiary/aromatic N) is 4. The van der Waals surface area contributed by atoms with Crippen LogP contribution in [0.4, 0.5) is 20.2 Å². The average molecular weight is 269 g/mol. The first kappa shape index (κ1) is 12.9. The lowest BCUT2D eigenvalue weighted by atomic mass is 10.2. The summed E-state index contributed by atoms with van der Waals surface area (Å²) < 4.78 is 28.0. The Morgan fingerprint density at radius 1 is 1.42 bits per heavy atom. The number of nitro benzene ring substituents is 1. The molecule has 0 fully saturated rings. The maximum absolute atomic E-state index is 13.5. The third-order valence-electron chi connectivity index (χ3n) is 2.38. The Balaban J connectivity index is 2.14. The molecule has 0 saturated heterocycles. The van der Waals surface area contributed by atoms with Crippen LogP contribution in [0.1, 0.15) is 0 Å². The molecule has 0 aliphatic rings. The van der Waals surface area contributed by atoms with Crippen LogP contribution in [0, 0.1) is 21.7 Å². The van der Waals surface area contributed by atoms with Crippen molar-refractivity contribution in [2.75, 3.05) is 11.9 Å². The summed E-state index contributed by atoms with van der Waals surface area (Å²) >= 11 is 0. The van der Waals surface area contributed by atoms with Crippen LogP contribution in [0.2, 0.25) is 0 Å². The van der Waals surface area contributed by atoms with Crippen molar-refractivity contribution in [2.45, 2.75) is 6.54 Å². The highest BCUT2D eigenvalue weighted by molar-refractivity contribution is 5.62. The second kappa shape index (κ2) is 5.38. The lowest BCUT2D eigenvalue weighted by Crippen LogP contribution is -2.13. The van der Waals surface area contributed by atoms with Crippen molar-refractivity contribution >= 4 is 11.4 Å². The fourth-order valence-corrected chi connectivity index (χ4v) is 1.51. The first-order valence-corrected chi connectivity index (χ1v) is 5.30. The molecule has 7 nitrogen and oxygen atoms in total. The summed E-state index contributed by atoms with van der Waals surface area (Å²) in [6.07, 6.45) is 3.04. The Morgan fingerprint density at radius 3 is 2.84 bits per heavy atom. The van der Waals surface area contributed by atoms with Gasteiger partial charge in [-0.1, -0.05) is 5.21 Å². The molecular formula is C10H9F2N5O2. The summed E-state index contributed by atoms with van der Waals surface area (Å²) in [5.41, 5.74) is -0.984. The number of benzene rings is 1. The van der Waals surface area contributed by atoms with E-state index in [0.717, 1.165) is 12.1 Å². The van der Waals surface area contributed by atoms with E-state index in [1.165, 1.54) is 10.9 Å². The van der Waals surface area contributed by atoms with Crippen molar-refractivity contribution in [2.24, 2.45) is 0 Å². The fourth-order valence-electron chi connectivity index (χ4n) is 1.51. The number of nitrogens with one attached hydrogen (secondary N) is 1. The summed E-state index contributed by atoms with van der Waals surface area (Å²) in [4.78, 5) is 9.95. The predicted octanol–water partition coefficient (Wildman–Crippen LogP) is 1.58. The van der Waals surface area contributed by atoms with Gasteiger partial charge in [0.15, 0.2) is 17.3 Å². The molecule has 19 heavy (non-hydrogen) atoms. The topological polar surface area (TPSA) is 85.9 Å². The molecule has 100 valence electrons. The standard InChI is InChI=1S/C10H9F2N5O2/c11-7-1-2-8(17(18)19)10(9(7)12)13-3-5-16-6-4-14-15-16/h1-2,4,6,13H,3,5H2. The van der Waals surface area contributed by atoms with Gasteiger partial charge in [-0.25, -0.2) is 8.78 Å². The van der Waals surface area contributed by atoms with Crippen molar-refractivity contribution in [1.29, 1.82) is 0 Å². The van der Waals surface area contributed by atoms with Crippen LogP contribution in [-0.2, 0) is 6.54 Å². The second-order valence-corrected chi connectivity index (χ2v) is 3.61. The van der Waals surface area contributed by atoms with E-state index in [9.17, 15) is 18.9 Å². The van der Waals surface area contributed by atoms with E-state index < -0.39 is 27.9 Å². The molecule has 0 aliphatic heterocycles. The minimum Gasteiger partial charge on any atom is -0.375 e. The minimum atomic E-state index is -1.27. The zero-order valence-corrected chi connectivity index (χ0v) is 9.58. The molecule has 1 N–H and O–H groups in total. The van der Waals surface area contributed by atoms with E-state index >= 15 is 0 Å². The number of anilines is 1. The molecule has 0 atom stereocenters. The van der Waals surface area contributed by atoms with E-state index in [4.69, 9.17) is 0 Å². The quantitative estimate of drug-likeness (QED) is 0.657. The zero-order chi connectivity index (χ0) is 13.8. The van der Waals surface area contributed by atoms with Gasteiger partial charge < -0.3 is 5.32 Å². The van der Waals surface area contributed by atoms with Gasteiger partial charge in [-0.3, -0.25) is 14.8 Å². The maximum Gasteiger partial charge on any atom is 0.295 e. The Labute approximate surface area is 106 Å². The zero-order valence-electron chi connectivity index (χ0n) is 9.58. The summed E-state index contributed by atoms with van der Waals surface area (Å²) in [5, 5.41) is 20.5. The van der Waals surface area contributed by atoms with Gasteiger partial charge in [-0.2, -0.15) is 0 Å². The van der Waals surface area contributed by atoms with Crippen LogP contribution in [0.3, 0.4) is 0 Å². The van der Waals surface area contributed by atoms with E-state index in [-0.39, 0.29) is 6.54 Å². The van der Waals surface area contributed by atoms with Gasteiger partial charge in [0.1, 0.15) is 0 Å². The van der Waals surface area contributed by atoms with Crippen LogP contribution >= 0.6 is 0 Å². The monoisotopic (exact) mass is 269 g/mol. The molecule has 0 aliphatic carbocycles. The number of nitro groups is 1. The minimum absolute atomic E-state index is 0.143. The van der Waals surface area contributed by atoms with Gasteiger partial charge in [0.05, 0.1) is 17.7 Å². The first-order valence-electron chi connectivity index (χ1n) is 5.30. The normalized spacial score (nSPS) is 10.4. The van der Waals surface area contributed by atoms with Crippen LogP contribution in [0.5, 0.6) is 0 Å². The van der Waals surface area contributed by atoms with Gasteiger partial charge in [0, 0.05) is 18.8 Å². The predicted molar refractivity (Wildman–Crippen MR) is 61.5 cm³/mol. The molecule has 0 spiro atoms. The smallest absolute Gasteiger partial charge is 0.295 e. The second-order valence-electron chi connectivity index (χ2n) is 3.61. The van der Waals surface area contributed by atoms with Crippen molar-refractivity contribution < 1.29 is 13.7 Å². The highest BCUT2D eigenvalue weighted by Gasteiger charge is 2.21. The fraction of sp³-hybridized carbons (Fsp3) is 0.200. The van der Waals surface area contributed by atoms with Crippen molar-refractivity contribution in [1.82, 2.24) is 15.0 Å². The van der Waals surface area contributed by atoms with E-state index in [2.05, 4.69) is 15.6 Å². The Morgan fingerprint density at radius 2 is 2.21 bits per heavy atom. The SMILES string of the molecule is O=[N+]([O-])c1ccc(F)c(F)c1NCCn1ccnn1. The molecule has 0 unspecified atom stereocenters. The summed E-state index contributed by atoms with van der Waals surface area (Å²) in [6.45, 7) is 0.456. The van der Waals surface area contributed by atoms with Gasteiger partial charge in [-0.05, 0) is 6.07 Å². The molecule has 2 aromatic rings. The number of rotatable bonds is 5. The van der Waals surface area contributed by atoms with Gasteiger partial charge in [0.2, 0.25) is 0 Å². The van der Waals surface area contributed by atoms with E-state index in [1.54, 1.807) is 6.20 Å². The molecule has 1 aromatic heterocycles. The molecular weight excluding hydrogens is 260 g/mol. The summed E-state index contributed by atoms with van der Waals surface area (Å²) in [6, 6.07) is 1.63. The van der Waals surface area contributed by atoms with Crippen molar-refractivity contribution in [3.63, 3.8) is 0 Å². The summed E-state index contributed by atoms with van der Waals surface area (Å²) in [5.74, 6) is -2.42. The summed E-state index contributed by atoms with van der Waals surface area (Å²) in [7, 11) is 0. The van der Waals surface area contributed by atoms with Crippen LogP contribution in [-0.4, -0.2) is 26.5 Å². The van der Waals surface area contributed by atoms with Crippen LogP contribution in [0.15, 0.2) is 24.5 Å². The molecule has 0 amide bonds. The Kier molecular flexibility index (Phi) is 3.64. The molecule has 9 heteroatoms. The number of halogens is 2. The molecule has 0 saturated carbocycles. The largest absolute Gasteiger partial charge is 0.375 e. The molecule has 0 radical (unpaired) electrons. The van der Waals surface area contributed by atoms with Gasteiger partial charge in [0.25, 0.3) is 5.69 Å². The van der Waals surface area contributed by atoms with E-state index in [0.29, 0.717) is 6.54 Å². The highest BCUT2D eigenvalue weighted by Crippen LogP contribution is 2.28. The lowest BCUT2D eigenvalue weighted by molar-refractivity contribution is -0.384. The highest BCUT2D eigenvalue weighted by atomic mass is 19.2. The molecule has 2 rings (SSSR count). The number of hydrogen-bond donors (Lipinski definition) is 1. The van der Waals surface area contributed by atoms with Crippen LogP contribution in [0.25, 0.3) is 0 Å².